The van der Waals surface area contributed by atoms with Crippen LogP contribution in [-0.4, -0.2) is 57.7 Å². The van der Waals surface area contributed by atoms with Gasteiger partial charge >= 0.3 is 12.1 Å². The highest BCUT2D eigenvalue weighted by atomic mass is 35.5. The van der Waals surface area contributed by atoms with Crippen molar-refractivity contribution in [1.82, 2.24) is 14.8 Å². The largest absolute Gasteiger partial charge is 0.428 e. The number of hydrogen-bond acceptors (Lipinski definition) is 7. The normalized spacial score (nSPS) is 15.4. The number of nitro groups is 1. The van der Waals surface area contributed by atoms with E-state index in [4.69, 9.17) is 16.3 Å². The molecule has 0 radical (unpaired) electrons. The van der Waals surface area contributed by atoms with E-state index in [0.717, 1.165) is 17.4 Å². The monoisotopic (exact) mass is 371 g/mol. The van der Waals surface area contributed by atoms with E-state index < -0.39 is 23.9 Å². The molecule has 11 nitrogen and oxygen atoms in total. The second kappa shape index (κ2) is 8.24. The van der Waals surface area contributed by atoms with E-state index >= 15 is 0 Å². The molecule has 1 saturated heterocycles. The molecular formula is C13H14ClN5O6. The lowest BCUT2D eigenvalue weighted by Crippen LogP contribution is -2.38. The number of amides is 1. The molecule has 1 fully saturated rings. The van der Waals surface area contributed by atoms with Crippen molar-refractivity contribution in [1.29, 1.82) is 0 Å². The molecule has 1 aliphatic rings. The topological polar surface area (TPSA) is 127 Å². The third-order valence-corrected chi connectivity index (χ3v) is 3.34. The Labute approximate surface area is 146 Å². The summed E-state index contributed by atoms with van der Waals surface area (Å²) >= 11 is 5.72. The lowest BCUT2D eigenvalue weighted by Gasteiger charge is -2.19. The molecule has 134 valence electrons. The van der Waals surface area contributed by atoms with Crippen LogP contribution in [0.5, 0.6) is 0 Å². The Morgan fingerprint density at radius 2 is 2.16 bits per heavy atom. The molecule has 0 aliphatic carbocycles. The number of carbonyl (C=O) groups is 2. The number of hydrazone groups is 1. The molecule has 1 amide bonds. The maximum absolute atomic E-state index is 12.0. The predicted octanol–water partition coefficient (Wildman–Crippen LogP) is 1.06. The van der Waals surface area contributed by atoms with Gasteiger partial charge in [-0.3, -0.25) is 4.79 Å². The van der Waals surface area contributed by atoms with Gasteiger partial charge in [0.25, 0.3) is 5.96 Å². The smallest absolute Gasteiger partial charge is 0.419 e. The van der Waals surface area contributed by atoms with Gasteiger partial charge in [0.1, 0.15) is 10.3 Å². The van der Waals surface area contributed by atoms with Crippen molar-refractivity contribution < 1.29 is 24.1 Å². The molecule has 0 atom stereocenters. The molecule has 25 heavy (non-hydrogen) atoms. The van der Waals surface area contributed by atoms with Crippen molar-refractivity contribution in [2.45, 2.75) is 13.5 Å². The Morgan fingerprint density at radius 3 is 2.76 bits per heavy atom. The number of hydrogen-bond donors (Lipinski definition) is 0. The lowest BCUT2D eigenvalue weighted by molar-refractivity contribution is -0.486. The zero-order valence-electron chi connectivity index (χ0n) is 13.1. The number of nitrogens with zero attached hydrogens (tertiary/aromatic N) is 5. The Balaban J connectivity index is 2.08. The maximum atomic E-state index is 12.0. The van der Waals surface area contributed by atoms with Crippen molar-refractivity contribution in [3.63, 3.8) is 0 Å². The summed E-state index contributed by atoms with van der Waals surface area (Å²) in [6.45, 7) is 1.25. The van der Waals surface area contributed by atoms with E-state index in [0.29, 0.717) is 11.7 Å². The highest BCUT2D eigenvalue weighted by Gasteiger charge is 2.35. The van der Waals surface area contributed by atoms with Gasteiger partial charge in [-0.05, 0) is 11.6 Å². The molecule has 0 N–H and O–H groups in total. The van der Waals surface area contributed by atoms with E-state index in [1.165, 1.54) is 11.1 Å². The van der Waals surface area contributed by atoms with Gasteiger partial charge in [-0.15, -0.1) is 0 Å². The third-order valence-electron chi connectivity index (χ3n) is 3.12. The van der Waals surface area contributed by atoms with Crippen molar-refractivity contribution in [3.8, 4) is 0 Å². The fraction of sp³-hybridized carbons (Fsp3) is 0.385. The number of esters is 1. The van der Waals surface area contributed by atoms with Gasteiger partial charge in [-0.25, -0.2) is 24.8 Å². The van der Waals surface area contributed by atoms with Gasteiger partial charge in [0, 0.05) is 26.2 Å². The Morgan fingerprint density at radius 1 is 1.40 bits per heavy atom. The van der Waals surface area contributed by atoms with Crippen LogP contribution in [0.15, 0.2) is 23.4 Å². The Bertz CT molecular complexity index is 695. The van der Waals surface area contributed by atoms with Crippen LogP contribution in [0, 0.1) is 10.1 Å². The van der Waals surface area contributed by atoms with E-state index in [-0.39, 0.29) is 19.0 Å². The number of ether oxygens (including phenoxy) is 2. The van der Waals surface area contributed by atoms with Crippen molar-refractivity contribution in [3.05, 3.63) is 39.2 Å². The quantitative estimate of drug-likeness (QED) is 0.247. The first-order valence-electron chi connectivity index (χ1n) is 7.03. The molecule has 1 aromatic heterocycles. The minimum absolute atomic E-state index is 0.132. The molecule has 1 aliphatic heterocycles. The molecule has 2 rings (SSSR count). The fourth-order valence-corrected chi connectivity index (χ4v) is 2.18. The van der Waals surface area contributed by atoms with Gasteiger partial charge in [0.15, 0.2) is 5.03 Å². The average Bonchev–Trinajstić information content (AvgIpc) is 2.91. The van der Waals surface area contributed by atoms with Crippen molar-refractivity contribution in [2.24, 2.45) is 5.10 Å². The van der Waals surface area contributed by atoms with Crippen molar-refractivity contribution >= 4 is 29.6 Å². The van der Waals surface area contributed by atoms with Gasteiger partial charge in [0.05, 0.1) is 6.54 Å². The number of aromatic nitrogens is 1. The summed E-state index contributed by atoms with van der Waals surface area (Å²) in [5, 5.41) is 13.5. The molecule has 2 heterocycles. The SMILES string of the molecule is CC(=O)OCOC(=O)N1CCN(Cc2ccc(Cl)nc2)/C1=N\[N+](=O)[O-]. The van der Waals surface area contributed by atoms with Crippen LogP contribution in [0.1, 0.15) is 12.5 Å². The summed E-state index contributed by atoms with van der Waals surface area (Å²) in [6, 6.07) is 3.29. The number of rotatable bonds is 5. The minimum Gasteiger partial charge on any atom is -0.428 e. The van der Waals surface area contributed by atoms with Crippen LogP contribution in [-0.2, 0) is 20.8 Å². The Hall–Kier alpha value is -2.95. The first-order chi connectivity index (χ1) is 11.9. The second-order valence-corrected chi connectivity index (χ2v) is 5.25. The summed E-state index contributed by atoms with van der Waals surface area (Å²) in [4.78, 5) is 39.9. The molecule has 0 spiro atoms. The molecule has 0 saturated carbocycles. The summed E-state index contributed by atoms with van der Waals surface area (Å²) in [7, 11) is 0. The van der Waals surface area contributed by atoms with Gasteiger partial charge in [-0.2, -0.15) is 0 Å². The molecule has 12 heteroatoms. The van der Waals surface area contributed by atoms with E-state index in [1.807, 2.05) is 0 Å². The average molecular weight is 372 g/mol. The highest BCUT2D eigenvalue weighted by Crippen LogP contribution is 2.16. The second-order valence-electron chi connectivity index (χ2n) is 4.86. The minimum atomic E-state index is -0.904. The van der Waals surface area contributed by atoms with Gasteiger partial charge < -0.3 is 14.4 Å². The van der Waals surface area contributed by atoms with E-state index in [1.54, 1.807) is 12.1 Å². The van der Waals surface area contributed by atoms with Crippen molar-refractivity contribution in [2.75, 3.05) is 19.9 Å². The number of halogens is 1. The summed E-state index contributed by atoms with van der Waals surface area (Å²) in [5.74, 6) is -0.793. The van der Waals surface area contributed by atoms with Crippen LogP contribution < -0.4 is 0 Å². The number of pyridine rings is 1. The lowest BCUT2D eigenvalue weighted by atomic mass is 10.3. The van der Waals surface area contributed by atoms with Crippen LogP contribution in [0.25, 0.3) is 0 Å². The predicted molar refractivity (Wildman–Crippen MR) is 83.9 cm³/mol. The van der Waals surface area contributed by atoms with Crippen LogP contribution >= 0.6 is 11.6 Å². The van der Waals surface area contributed by atoms with Crippen LogP contribution in [0.4, 0.5) is 4.79 Å². The summed E-state index contributed by atoms with van der Waals surface area (Å²) < 4.78 is 9.25. The molecule has 0 unspecified atom stereocenters. The van der Waals surface area contributed by atoms with Gasteiger partial charge in [0.2, 0.25) is 6.79 Å². The zero-order valence-corrected chi connectivity index (χ0v) is 13.9. The third kappa shape index (κ3) is 5.28. The zero-order chi connectivity index (χ0) is 18.4. The maximum Gasteiger partial charge on any atom is 0.419 e. The fourth-order valence-electron chi connectivity index (χ4n) is 2.07. The highest BCUT2D eigenvalue weighted by molar-refractivity contribution is 6.29. The molecular weight excluding hydrogens is 358 g/mol. The molecule has 0 bridgehead atoms. The standard InChI is InChI=1S/C13H14ClN5O6/c1-9(20)24-8-25-13(21)18-5-4-17(12(18)16-19(22)23)7-10-2-3-11(14)15-6-10/h2-3,6H,4-5,7-8H2,1H3/b16-12+. The van der Waals surface area contributed by atoms with E-state index in [2.05, 4.69) is 14.8 Å². The summed E-state index contributed by atoms with van der Waals surface area (Å²) in [6.07, 6.45) is 0.618. The molecule has 1 aromatic rings. The number of guanidine groups is 1. The first-order valence-corrected chi connectivity index (χ1v) is 7.40. The van der Waals surface area contributed by atoms with E-state index in [9.17, 15) is 19.7 Å². The van der Waals surface area contributed by atoms with Gasteiger partial charge in [-0.1, -0.05) is 17.7 Å². The number of carbonyl (C=O) groups excluding carboxylic acids is 2. The van der Waals surface area contributed by atoms with Crippen LogP contribution in [0.2, 0.25) is 5.15 Å². The Kier molecular flexibility index (Phi) is 6.06. The van der Waals surface area contributed by atoms with Crippen LogP contribution in [0.3, 0.4) is 0 Å². The summed E-state index contributed by atoms with van der Waals surface area (Å²) in [5.41, 5.74) is 0.732. The first kappa shape index (κ1) is 18.4. The molecule has 0 aromatic carbocycles.